The van der Waals surface area contributed by atoms with Gasteiger partial charge in [0.15, 0.2) is 0 Å². The lowest BCUT2D eigenvalue weighted by Crippen LogP contribution is -2.46. The topological polar surface area (TPSA) is 43.8 Å². The molecule has 0 amide bonds. The van der Waals surface area contributed by atoms with Crippen LogP contribution >= 0.6 is 24.8 Å². The summed E-state index contributed by atoms with van der Waals surface area (Å²) in [7, 11) is 0. The molecule has 4 nitrogen and oxygen atoms in total. The minimum Gasteiger partial charge on any atom is -0.478 e. The zero-order valence-corrected chi connectivity index (χ0v) is 11.1. The zero-order chi connectivity index (χ0) is 10.4. The van der Waals surface area contributed by atoms with E-state index in [1.807, 2.05) is 0 Å². The van der Waals surface area contributed by atoms with Crippen LogP contribution < -0.4 is 0 Å². The molecule has 0 atom stereocenters. The number of halogens is 2. The van der Waals surface area contributed by atoms with Crippen LogP contribution in [-0.2, 0) is 4.79 Å². The van der Waals surface area contributed by atoms with Crippen molar-refractivity contribution in [2.45, 2.75) is 6.92 Å². The Hall–Kier alpha value is -0.290. The van der Waals surface area contributed by atoms with Gasteiger partial charge in [0.1, 0.15) is 0 Å². The Labute approximate surface area is 109 Å². The van der Waals surface area contributed by atoms with E-state index in [9.17, 15) is 4.79 Å². The summed E-state index contributed by atoms with van der Waals surface area (Å²) in [6, 6.07) is 0. The van der Waals surface area contributed by atoms with E-state index in [0.29, 0.717) is 0 Å². The highest BCUT2D eigenvalue weighted by molar-refractivity contribution is 5.85. The van der Waals surface area contributed by atoms with Crippen molar-refractivity contribution < 1.29 is 9.90 Å². The standard InChI is InChI=1S/C10H18N2O2.2ClH/c1-2-11-6-8-12(9-7-11)5-3-4-10(13)14;;/h3-4H,2,5-9H2,1H3,(H,13,14);2*1H. The summed E-state index contributed by atoms with van der Waals surface area (Å²) < 4.78 is 0. The second-order valence-corrected chi connectivity index (χ2v) is 3.48. The van der Waals surface area contributed by atoms with E-state index in [4.69, 9.17) is 5.11 Å². The number of rotatable bonds is 4. The van der Waals surface area contributed by atoms with E-state index in [0.717, 1.165) is 39.3 Å². The third-order valence-corrected chi connectivity index (χ3v) is 2.54. The number of hydrogen-bond acceptors (Lipinski definition) is 3. The Morgan fingerprint density at radius 3 is 2.12 bits per heavy atom. The minimum absolute atomic E-state index is 0. The molecule has 1 fully saturated rings. The molecular formula is C10H20Cl2N2O2. The lowest BCUT2D eigenvalue weighted by Gasteiger charge is -2.33. The third kappa shape index (κ3) is 7.06. The van der Waals surface area contributed by atoms with Crippen molar-refractivity contribution in [1.29, 1.82) is 0 Å². The van der Waals surface area contributed by atoms with E-state index < -0.39 is 5.97 Å². The summed E-state index contributed by atoms with van der Waals surface area (Å²) in [5, 5.41) is 8.41. The summed E-state index contributed by atoms with van der Waals surface area (Å²) in [4.78, 5) is 14.9. The fraction of sp³-hybridized carbons (Fsp3) is 0.700. The average molecular weight is 271 g/mol. The maximum Gasteiger partial charge on any atom is 0.328 e. The number of hydrogen-bond donors (Lipinski definition) is 1. The van der Waals surface area contributed by atoms with Gasteiger partial charge in [-0.3, -0.25) is 4.90 Å². The molecule has 0 unspecified atom stereocenters. The highest BCUT2D eigenvalue weighted by Crippen LogP contribution is 2.00. The Kier molecular flexibility index (Phi) is 11.2. The molecule has 0 bridgehead atoms. The molecule has 1 aliphatic rings. The van der Waals surface area contributed by atoms with Gasteiger partial charge in [-0.15, -0.1) is 24.8 Å². The van der Waals surface area contributed by atoms with Crippen LogP contribution in [0.3, 0.4) is 0 Å². The highest BCUT2D eigenvalue weighted by atomic mass is 35.5. The molecule has 1 aliphatic heterocycles. The van der Waals surface area contributed by atoms with E-state index in [1.165, 1.54) is 6.08 Å². The largest absolute Gasteiger partial charge is 0.478 e. The molecule has 0 spiro atoms. The van der Waals surface area contributed by atoms with Crippen LogP contribution in [0.25, 0.3) is 0 Å². The lowest BCUT2D eigenvalue weighted by atomic mass is 10.3. The molecule has 0 aromatic heterocycles. The average Bonchev–Trinajstić information content (AvgIpc) is 2.18. The van der Waals surface area contributed by atoms with Crippen molar-refractivity contribution in [1.82, 2.24) is 9.80 Å². The summed E-state index contributed by atoms with van der Waals surface area (Å²) in [6.07, 6.45) is 2.93. The van der Waals surface area contributed by atoms with Gasteiger partial charge in [0.2, 0.25) is 0 Å². The number of aliphatic carboxylic acids is 1. The number of likely N-dealkylation sites (N-methyl/N-ethyl adjacent to an activating group) is 1. The van der Waals surface area contributed by atoms with Gasteiger partial charge in [-0.05, 0) is 6.54 Å². The molecule has 6 heteroatoms. The Morgan fingerprint density at radius 2 is 1.69 bits per heavy atom. The van der Waals surface area contributed by atoms with Crippen LogP contribution in [0.5, 0.6) is 0 Å². The maximum atomic E-state index is 10.2. The number of carboxylic acids is 1. The monoisotopic (exact) mass is 270 g/mol. The van der Waals surface area contributed by atoms with Crippen molar-refractivity contribution in [3.8, 4) is 0 Å². The van der Waals surface area contributed by atoms with Crippen LogP contribution in [0, 0.1) is 0 Å². The first kappa shape index (κ1) is 18.1. The van der Waals surface area contributed by atoms with Crippen molar-refractivity contribution in [2.24, 2.45) is 0 Å². The molecule has 1 rings (SSSR count). The predicted molar refractivity (Wildman–Crippen MR) is 69.8 cm³/mol. The van der Waals surface area contributed by atoms with Crippen LogP contribution in [0.2, 0.25) is 0 Å². The SMILES string of the molecule is CCN1CCN(CC=CC(=O)O)CC1.Cl.Cl. The molecule has 16 heavy (non-hydrogen) atoms. The molecule has 0 aromatic carbocycles. The predicted octanol–water partition coefficient (Wildman–Crippen LogP) is 1.11. The molecule has 1 N–H and O–H groups in total. The fourth-order valence-corrected chi connectivity index (χ4v) is 1.59. The summed E-state index contributed by atoms with van der Waals surface area (Å²) in [5.74, 6) is -0.864. The smallest absolute Gasteiger partial charge is 0.328 e. The van der Waals surface area contributed by atoms with Crippen molar-refractivity contribution in [2.75, 3.05) is 39.3 Å². The van der Waals surface area contributed by atoms with Crippen molar-refractivity contribution >= 4 is 30.8 Å². The minimum atomic E-state index is -0.864. The van der Waals surface area contributed by atoms with E-state index in [1.54, 1.807) is 6.08 Å². The summed E-state index contributed by atoms with van der Waals surface area (Å²) >= 11 is 0. The normalized spacial score (nSPS) is 17.8. The molecule has 0 aliphatic carbocycles. The molecule has 0 saturated carbocycles. The molecule has 0 aromatic rings. The number of nitrogens with zero attached hydrogens (tertiary/aromatic N) is 2. The number of carboxylic acid groups (broad SMARTS) is 1. The van der Waals surface area contributed by atoms with Crippen LogP contribution in [-0.4, -0.2) is 60.1 Å². The van der Waals surface area contributed by atoms with Crippen molar-refractivity contribution in [3.63, 3.8) is 0 Å². The van der Waals surface area contributed by atoms with Gasteiger partial charge in [0.25, 0.3) is 0 Å². The van der Waals surface area contributed by atoms with Gasteiger partial charge in [-0.25, -0.2) is 4.79 Å². The van der Waals surface area contributed by atoms with E-state index in [2.05, 4.69) is 16.7 Å². The second-order valence-electron chi connectivity index (χ2n) is 3.48. The third-order valence-electron chi connectivity index (χ3n) is 2.54. The number of carbonyl (C=O) groups is 1. The van der Waals surface area contributed by atoms with Crippen LogP contribution in [0.4, 0.5) is 0 Å². The molecule has 96 valence electrons. The molecule has 0 radical (unpaired) electrons. The second kappa shape index (κ2) is 9.90. The maximum absolute atomic E-state index is 10.2. The first-order chi connectivity index (χ1) is 6.72. The molecule has 1 heterocycles. The zero-order valence-electron chi connectivity index (χ0n) is 9.46. The van der Waals surface area contributed by atoms with Crippen LogP contribution in [0.1, 0.15) is 6.92 Å². The Morgan fingerprint density at radius 1 is 1.19 bits per heavy atom. The first-order valence-electron chi connectivity index (χ1n) is 5.06. The van der Waals surface area contributed by atoms with Gasteiger partial charge >= 0.3 is 5.97 Å². The van der Waals surface area contributed by atoms with E-state index in [-0.39, 0.29) is 24.8 Å². The quantitative estimate of drug-likeness (QED) is 0.778. The van der Waals surface area contributed by atoms with Gasteiger partial charge in [0.05, 0.1) is 0 Å². The molecular weight excluding hydrogens is 251 g/mol. The first-order valence-corrected chi connectivity index (χ1v) is 5.06. The lowest BCUT2D eigenvalue weighted by molar-refractivity contribution is -0.131. The van der Waals surface area contributed by atoms with Crippen molar-refractivity contribution in [3.05, 3.63) is 12.2 Å². The fourth-order valence-electron chi connectivity index (χ4n) is 1.59. The van der Waals surface area contributed by atoms with Gasteiger partial charge in [0, 0.05) is 38.8 Å². The summed E-state index contributed by atoms with van der Waals surface area (Å²) in [6.45, 7) is 8.30. The Bertz CT molecular complexity index is 217. The highest BCUT2D eigenvalue weighted by Gasteiger charge is 2.13. The summed E-state index contributed by atoms with van der Waals surface area (Å²) in [5.41, 5.74) is 0. The van der Waals surface area contributed by atoms with Gasteiger partial charge < -0.3 is 10.0 Å². The Balaban J connectivity index is 0. The van der Waals surface area contributed by atoms with E-state index >= 15 is 0 Å². The molecule has 1 saturated heterocycles. The van der Waals surface area contributed by atoms with Gasteiger partial charge in [-0.2, -0.15) is 0 Å². The van der Waals surface area contributed by atoms with Gasteiger partial charge in [-0.1, -0.05) is 13.0 Å². The number of piperazine rings is 1. The van der Waals surface area contributed by atoms with Crippen LogP contribution in [0.15, 0.2) is 12.2 Å².